The normalized spacial score (nSPS) is 20.4. The number of allylic oxidation sites excluding steroid dienone is 1. The van der Waals surface area contributed by atoms with E-state index < -0.39 is 0 Å². The maximum atomic E-state index is 6.31. The Labute approximate surface area is 123 Å². The van der Waals surface area contributed by atoms with Crippen LogP contribution in [0.2, 0.25) is 0 Å². The SMILES string of the molecule is Cc1cccc(OCCC(N)/C2=C/CCCCCC2)c1. The average molecular weight is 273 g/mol. The maximum Gasteiger partial charge on any atom is 0.119 e. The van der Waals surface area contributed by atoms with Gasteiger partial charge in [0, 0.05) is 12.5 Å². The Morgan fingerprint density at radius 1 is 1.20 bits per heavy atom. The first-order chi connectivity index (χ1) is 9.75. The molecule has 110 valence electrons. The minimum Gasteiger partial charge on any atom is -0.494 e. The van der Waals surface area contributed by atoms with Crippen LogP contribution in [0.1, 0.15) is 50.5 Å². The van der Waals surface area contributed by atoms with E-state index in [2.05, 4.69) is 25.1 Å². The quantitative estimate of drug-likeness (QED) is 0.808. The maximum absolute atomic E-state index is 6.31. The van der Waals surface area contributed by atoms with E-state index in [1.54, 1.807) is 0 Å². The molecule has 1 unspecified atom stereocenters. The van der Waals surface area contributed by atoms with Crippen molar-refractivity contribution in [3.05, 3.63) is 41.5 Å². The van der Waals surface area contributed by atoms with Crippen LogP contribution in [0.5, 0.6) is 5.75 Å². The molecule has 0 saturated heterocycles. The van der Waals surface area contributed by atoms with Crippen LogP contribution >= 0.6 is 0 Å². The van der Waals surface area contributed by atoms with Crippen molar-refractivity contribution in [2.45, 2.75) is 57.9 Å². The molecule has 1 aromatic carbocycles. The van der Waals surface area contributed by atoms with Crippen LogP contribution in [0.25, 0.3) is 0 Å². The second kappa shape index (κ2) is 8.11. The van der Waals surface area contributed by atoms with Crippen LogP contribution in [0.3, 0.4) is 0 Å². The Hall–Kier alpha value is -1.28. The van der Waals surface area contributed by atoms with Gasteiger partial charge in [0.05, 0.1) is 6.61 Å². The van der Waals surface area contributed by atoms with Gasteiger partial charge in [-0.1, -0.05) is 36.6 Å². The smallest absolute Gasteiger partial charge is 0.119 e. The lowest BCUT2D eigenvalue weighted by molar-refractivity contribution is 0.302. The van der Waals surface area contributed by atoms with Crippen LogP contribution in [-0.4, -0.2) is 12.6 Å². The van der Waals surface area contributed by atoms with Gasteiger partial charge >= 0.3 is 0 Å². The molecule has 2 N–H and O–H groups in total. The highest BCUT2D eigenvalue weighted by atomic mass is 16.5. The molecular formula is C18H27NO. The van der Waals surface area contributed by atoms with Gasteiger partial charge in [0.15, 0.2) is 0 Å². The van der Waals surface area contributed by atoms with Crippen molar-refractivity contribution in [2.75, 3.05) is 6.61 Å². The van der Waals surface area contributed by atoms with E-state index in [1.807, 2.05) is 12.1 Å². The monoisotopic (exact) mass is 273 g/mol. The van der Waals surface area contributed by atoms with Gasteiger partial charge in [0.2, 0.25) is 0 Å². The molecule has 0 fully saturated rings. The van der Waals surface area contributed by atoms with Crippen LogP contribution < -0.4 is 10.5 Å². The molecule has 0 bridgehead atoms. The Kier molecular flexibility index (Phi) is 6.13. The fraction of sp³-hybridized carbons (Fsp3) is 0.556. The lowest BCUT2D eigenvalue weighted by Crippen LogP contribution is -2.25. The summed E-state index contributed by atoms with van der Waals surface area (Å²) in [4.78, 5) is 0. The molecule has 2 heteroatoms. The van der Waals surface area contributed by atoms with E-state index in [0.717, 1.165) is 12.2 Å². The second-order valence-electron chi connectivity index (χ2n) is 5.79. The molecule has 20 heavy (non-hydrogen) atoms. The standard InChI is InChI=1S/C18H27NO/c1-15-8-7-11-17(14-15)20-13-12-18(19)16-9-5-3-2-4-6-10-16/h7-9,11,14,18H,2-6,10,12-13,19H2,1H3/b16-9+. The van der Waals surface area contributed by atoms with Crippen molar-refractivity contribution in [3.8, 4) is 5.75 Å². The first-order valence-corrected chi connectivity index (χ1v) is 7.89. The molecule has 2 nitrogen and oxygen atoms in total. The van der Waals surface area contributed by atoms with Crippen molar-refractivity contribution in [2.24, 2.45) is 5.73 Å². The molecule has 1 aliphatic rings. The van der Waals surface area contributed by atoms with Gasteiger partial charge in [-0.25, -0.2) is 0 Å². The van der Waals surface area contributed by atoms with Crippen molar-refractivity contribution in [3.63, 3.8) is 0 Å². The summed E-state index contributed by atoms with van der Waals surface area (Å²) in [5.41, 5.74) is 8.99. The number of nitrogens with two attached hydrogens (primary N) is 1. The predicted octanol–water partition coefficient (Wildman–Crippen LogP) is 4.37. The summed E-state index contributed by atoms with van der Waals surface area (Å²) in [7, 11) is 0. The molecular weight excluding hydrogens is 246 g/mol. The highest BCUT2D eigenvalue weighted by Gasteiger charge is 2.11. The largest absolute Gasteiger partial charge is 0.494 e. The fourth-order valence-electron chi connectivity index (χ4n) is 2.75. The lowest BCUT2D eigenvalue weighted by atomic mass is 9.94. The van der Waals surface area contributed by atoms with Crippen molar-refractivity contribution < 1.29 is 4.74 Å². The third-order valence-electron chi connectivity index (χ3n) is 3.99. The summed E-state index contributed by atoms with van der Waals surface area (Å²) in [6.45, 7) is 2.78. The highest BCUT2D eigenvalue weighted by Crippen LogP contribution is 2.20. The molecule has 0 aliphatic heterocycles. The zero-order chi connectivity index (χ0) is 14.2. The fourth-order valence-corrected chi connectivity index (χ4v) is 2.75. The highest BCUT2D eigenvalue weighted by molar-refractivity contribution is 5.27. The zero-order valence-electron chi connectivity index (χ0n) is 12.6. The van der Waals surface area contributed by atoms with E-state index in [1.165, 1.54) is 49.7 Å². The molecule has 0 saturated carbocycles. The average Bonchev–Trinajstić information content (AvgIpc) is 2.38. The Morgan fingerprint density at radius 2 is 2.05 bits per heavy atom. The molecule has 2 rings (SSSR count). The van der Waals surface area contributed by atoms with E-state index in [9.17, 15) is 0 Å². The van der Waals surface area contributed by atoms with E-state index in [4.69, 9.17) is 10.5 Å². The predicted molar refractivity (Wildman–Crippen MR) is 85.1 cm³/mol. The van der Waals surface area contributed by atoms with Gasteiger partial charge in [-0.3, -0.25) is 0 Å². The van der Waals surface area contributed by atoms with Crippen LogP contribution in [0.4, 0.5) is 0 Å². The first kappa shape index (κ1) is 15.1. The van der Waals surface area contributed by atoms with Gasteiger partial charge in [-0.05, 0) is 50.3 Å². The summed E-state index contributed by atoms with van der Waals surface area (Å²) in [6.07, 6.45) is 11.0. The number of aryl methyl sites for hydroxylation is 1. The van der Waals surface area contributed by atoms with E-state index >= 15 is 0 Å². The minimum atomic E-state index is 0.165. The summed E-state index contributed by atoms with van der Waals surface area (Å²) in [5, 5.41) is 0. The van der Waals surface area contributed by atoms with E-state index in [0.29, 0.717) is 6.61 Å². The third-order valence-corrected chi connectivity index (χ3v) is 3.99. The summed E-state index contributed by atoms with van der Waals surface area (Å²) >= 11 is 0. The van der Waals surface area contributed by atoms with Crippen LogP contribution in [0.15, 0.2) is 35.9 Å². The Balaban J connectivity index is 1.77. The minimum absolute atomic E-state index is 0.165. The van der Waals surface area contributed by atoms with Crippen LogP contribution in [0, 0.1) is 6.92 Å². The second-order valence-corrected chi connectivity index (χ2v) is 5.79. The van der Waals surface area contributed by atoms with Gasteiger partial charge in [-0.2, -0.15) is 0 Å². The molecule has 0 radical (unpaired) electrons. The van der Waals surface area contributed by atoms with Crippen molar-refractivity contribution >= 4 is 0 Å². The zero-order valence-corrected chi connectivity index (χ0v) is 12.6. The molecule has 0 heterocycles. The molecule has 1 aromatic rings. The van der Waals surface area contributed by atoms with Gasteiger partial charge in [0.25, 0.3) is 0 Å². The van der Waals surface area contributed by atoms with Gasteiger partial charge in [0.1, 0.15) is 5.75 Å². The van der Waals surface area contributed by atoms with Crippen molar-refractivity contribution in [1.29, 1.82) is 0 Å². The molecule has 0 aromatic heterocycles. The summed E-state index contributed by atoms with van der Waals surface area (Å²) in [5.74, 6) is 0.948. The van der Waals surface area contributed by atoms with E-state index in [-0.39, 0.29) is 6.04 Å². The van der Waals surface area contributed by atoms with Gasteiger partial charge in [-0.15, -0.1) is 0 Å². The Morgan fingerprint density at radius 3 is 2.90 bits per heavy atom. The third kappa shape index (κ3) is 5.01. The van der Waals surface area contributed by atoms with Gasteiger partial charge < -0.3 is 10.5 Å². The number of ether oxygens (including phenoxy) is 1. The van der Waals surface area contributed by atoms with Crippen LogP contribution in [-0.2, 0) is 0 Å². The first-order valence-electron chi connectivity index (χ1n) is 7.89. The lowest BCUT2D eigenvalue weighted by Gasteiger charge is -2.18. The Bertz CT molecular complexity index is 439. The number of rotatable bonds is 5. The molecule has 1 aliphatic carbocycles. The van der Waals surface area contributed by atoms with Crippen molar-refractivity contribution in [1.82, 2.24) is 0 Å². The summed E-state index contributed by atoms with van der Waals surface area (Å²) < 4.78 is 5.80. The molecule has 0 amide bonds. The summed E-state index contributed by atoms with van der Waals surface area (Å²) in [6, 6.07) is 8.35. The number of hydrogen-bond acceptors (Lipinski definition) is 2. The number of benzene rings is 1. The topological polar surface area (TPSA) is 35.2 Å². The molecule has 0 spiro atoms. The molecule has 1 atom stereocenters. The number of hydrogen-bond donors (Lipinski definition) is 1.